The summed E-state index contributed by atoms with van der Waals surface area (Å²) < 4.78 is 26.5. The molecule has 0 aliphatic heterocycles. The predicted molar refractivity (Wildman–Crippen MR) is 66.3 cm³/mol. The fraction of sp³-hybridized carbons (Fsp3) is 0.250. The maximum absolute atomic E-state index is 11.3. The molecule has 0 heterocycles. The minimum absolute atomic E-state index is 0.310. The summed E-state index contributed by atoms with van der Waals surface area (Å²) in [7, 11) is -3.47. The number of rotatable bonds is 4. The quantitative estimate of drug-likeness (QED) is 0.864. The van der Waals surface area contributed by atoms with Gasteiger partial charge in [-0.2, -0.15) is 0 Å². The molecule has 0 aromatic heterocycles. The molecule has 0 atom stereocenters. The summed E-state index contributed by atoms with van der Waals surface area (Å²) >= 11 is 6.49. The number of aliphatic hydroxyl groups is 1. The molecule has 0 amide bonds. The molecule has 0 fully saturated rings. The van der Waals surface area contributed by atoms with Crippen LogP contribution in [0.15, 0.2) is 27.1 Å². The van der Waals surface area contributed by atoms with Crippen molar-refractivity contribution in [2.75, 3.05) is 17.1 Å². The second-order valence-electron chi connectivity index (χ2n) is 2.77. The third-order valence-electron chi connectivity index (χ3n) is 1.56. The summed E-state index contributed by atoms with van der Waals surface area (Å²) in [5.41, 5.74) is 0.451. The molecule has 0 bridgehead atoms. The van der Waals surface area contributed by atoms with E-state index in [1.54, 1.807) is 18.2 Å². The lowest BCUT2D eigenvalue weighted by atomic mass is 10.3. The Hall–Kier alpha value is -0.110. The molecule has 0 unspecified atom stereocenters. The fourth-order valence-electron chi connectivity index (χ4n) is 0.911. The smallest absolute Gasteiger partial charge is 0.235 e. The lowest BCUT2D eigenvalue weighted by Crippen LogP contribution is -2.19. The van der Waals surface area contributed by atoms with E-state index in [-0.39, 0.29) is 5.75 Å². The summed E-state index contributed by atoms with van der Waals surface area (Å²) in [6.07, 6.45) is 0. The van der Waals surface area contributed by atoms with Crippen molar-refractivity contribution in [3.63, 3.8) is 0 Å². The van der Waals surface area contributed by atoms with Crippen molar-refractivity contribution in [3.05, 3.63) is 27.1 Å². The van der Waals surface area contributed by atoms with Crippen LogP contribution in [0, 0.1) is 0 Å². The van der Waals surface area contributed by atoms with Crippen LogP contribution in [0.3, 0.4) is 0 Å². The summed E-state index contributed by atoms with van der Waals surface area (Å²) in [5.74, 6) is -0.310. The first-order valence-corrected chi connectivity index (χ1v) is 7.25. The van der Waals surface area contributed by atoms with Gasteiger partial charge in [-0.05, 0) is 34.1 Å². The molecule has 1 rings (SSSR count). The molecule has 0 saturated heterocycles. The van der Waals surface area contributed by atoms with Crippen LogP contribution in [-0.2, 0) is 10.0 Å². The van der Waals surface area contributed by atoms with E-state index < -0.39 is 16.6 Å². The third-order valence-corrected chi connectivity index (χ3v) is 3.96. The van der Waals surface area contributed by atoms with Crippen molar-refractivity contribution in [2.24, 2.45) is 0 Å². The number of sulfonamides is 1. The molecule has 1 aromatic carbocycles. The average Bonchev–Trinajstić information content (AvgIpc) is 2.09. The van der Waals surface area contributed by atoms with Crippen molar-refractivity contribution in [2.45, 2.75) is 0 Å². The van der Waals surface area contributed by atoms with Gasteiger partial charge in [0.1, 0.15) is 0 Å². The highest BCUT2D eigenvalue weighted by Gasteiger charge is 2.11. The van der Waals surface area contributed by atoms with E-state index in [9.17, 15) is 8.42 Å². The van der Waals surface area contributed by atoms with Gasteiger partial charge in [-0.1, -0.05) is 15.9 Å². The number of hydrogen-bond acceptors (Lipinski definition) is 3. The largest absolute Gasteiger partial charge is 0.395 e. The number of anilines is 1. The topological polar surface area (TPSA) is 66.4 Å². The zero-order valence-electron chi connectivity index (χ0n) is 7.57. The molecule has 15 heavy (non-hydrogen) atoms. The summed E-state index contributed by atoms with van der Waals surface area (Å²) in [6.45, 7) is -0.399. The van der Waals surface area contributed by atoms with Crippen molar-refractivity contribution < 1.29 is 13.5 Å². The van der Waals surface area contributed by atoms with Gasteiger partial charge >= 0.3 is 0 Å². The first-order valence-electron chi connectivity index (χ1n) is 4.01. The molecule has 0 radical (unpaired) electrons. The standard InChI is InChI=1S/C8H9Br2NO3S/c9-6-1-2-8(7(10)5-6)11-15(13,14)4-3-12/h1-2,5,11-12H,3-4H2. The average molecular weight is 359 g/mol. The van der Waals surface area contributed by atoms with E-state index in [1.165, 1.54) is 0 Å². The molecule has 2 N–H and O–H groups in total. The van der Waals surface area contributed by atoms with Crippen molar-refractivity contribution in [1.82, 2.24) is 0 Å². The number of aliphatic hydroxyl groups excluding tert-OH is 1. The van der Waals surface area contributed by atoms with E-state index in [4.69, 9.17) is 5.11 Å². The predicted octanol–water partition coefficient (Wildman–Crippen LogP) is 1.95. The lowest BCUT2D eigenvalue weighted by Gasteiger charge is -2.08. The van der Waals surface area contributed by atoms with Crippen LogP contribution in [0.2, 0.25) is 0 Å². The van der Waals surface area contributed by atoms with Gasteiger partial charge in [0, 0.05) is 8.95 Å². The van der Waals surface area contributed by atoms with Crippen LogP contribution in [0.25, 0.3) is 0 Å². The van der Waals surface area contributed by atoms with E-state index >= 15 is 0 Å². The number of benzene rings is 1. The third kappa shape index (κ3) is 4.10. The summed E-state index contributed by atoms with van der Waals surface area (Å²) in [5, 5.41) is 8.55. The van der Waals surface area contributed by atoms with Gasteiger partial charge in [-0.15, -0.1) is 0 Å². The van der Waals surface area contributed by atoms with Gasteiger partial charge in [-0.25, -0.2) is 8.42 Å². The fourth-order valence-corrected chi connectivity index (χ4v) is 3.04. The van der Waals surface area contributed by atoms with E-state index in [0.717, 1.165) is 4.47 Å². The SMILES string of the molecule is O=S(=O)(CCO)Nc1ccc(Br)cc1Br. The minimum Gasteiger partial charge on any atom is -0.395 e. The first kappa shape index (κ1) is 13.0. The summed E-state index contributed by atoms with van der Waals surface area (Å²) in [6, 6.07) is 5.08. The van der Waals surface area contributed by atoms with Gasteiger partial charge in [0.2, 0.25) is 10.0 Å². The van der Waals surface area contributed by atoms with Crippen LogP contribution in [0.1, 0.15) is 0 Å². The maximum atomic E-state index is 11.3. The molecule has 0 aliphatic rings. The second-order valence-corrected chi connectivity index (χ2v) is 6.38. The zero-order valence-corrected chi connectivity index (χ0v) is 11.6. The van der Waals surface area contributed by atoms with E-state index in [2.05, 4.69) is 36.6 Å². The van der Waals surface area contributed by atoms with Crippen molar-refractivity contribution in [3.8, 4) is 0 Å². The van der Waals surface area contributed by atoms with Gasteiger partial charge in [-0.3, -0.25) is 4.72 Å². The van der Waals surface area contributed by atoms with E-state index in [1.807, 2.05) is 0 Å². The van der Waals surface area contributed by atoms with Gasteiger partial charge in [0.15, 0.2) is 0 Å². The zero-order chi connectivity index (χ0) is 11.5. The highest BCUT2D eigenvalue weighted by atomic mass is 79.9. The van der Waals surface area contributed by atoms with Crippen LogP contribution in [-0.4, -0.2) is 25.9 Å². The maximum Gasteiger partial charge on any atom is 0.235 e. The first-order chi connectivity index (χ1) is 6.94. The molecule has 84 valence electrons. The normalized spacial score (nSPS) is 11.4. The molecule has 4 nitrogen and oxygen atoms in total. The molecule has 0 aliphatic carbocycles. The molecular weight excluding hydrogens is 350 g/mol. The highest BCUT2D eigenvalue weighted by Crippen LogP contribution is 2.26. The van der Waals surface area contributed by atoms with E-state index in [0.29, 0.717) is 10.2 Å². The van der Waals surface area contributed by atoms with Crippen LogP contribution in [0.5, 0.6) is 0 Å². The molecular formula is C8H9Br2NO3S. The second kappa shape index (κ2) is 5.29. The minimum atomic E-state index is -3.47. The number of halogens is 2. The van der Waals surface area contributed by atoms with Gasteiger partial charge in [0.05, 0.1) is 18.0 Å². The lowest BCUT2D eigenvalue weighted by molar-refractivity contribution is 0.320. The van der Waals surface area contributed by atoms with Crippen molar-refractivity contribution >= 4 is 47.6 Å². The Morgan fingerprint density at radius 3 is 2.53 bits per heavy atom. The van der Waals surface area contributed by atoms with Crippen LogP contribution >= 0.6 is 31.9 Å². The Bertz CT molecular complexity index is 447. The Balaban J connectivity index is 2.90. The number of hydrogen-bond donors (Lipinski definition) is 2. The van der Waals surface area contributed by atoms with Crippen LogP contribution in [0.4, 0.5) is 5.69 Å². The van der Waals surface area contributed by atoms with Gasteiger partial charge in [0.25, 0.3) is 0 Å². The molecule has 7 heteroatoms. The highest BCUT2D eigenvalue weighted by molar-refractivity contribution is 9.11. The Kier molecular flexibility index (Phi) is 4.57. The van der Waals surface area contributed by atoms with Gasteiger partial charge < -0.3 is 5.11 Å². The van der Waals surface area contributed by atoms with Crippen LogP contribution < -0.4 is 4.72 Å². The monoisotopic (exact) mass is 357 g/mol. The number of nitrogens with one attached hydrogen (secondary N) is 1. The van der Waals surface area contributed by atoms with Crippen molar-refractivity contribution in [1.29, 1.82) is 0 Å². The Morgan fingerprint density at radius 2 is 2.00 bits per heavy atom. The molecule has 0 saturated carbocycles. The Morgan fingerprint density at radius 1 is 1.33 bits per heavy atom. The molecule has 0 spiro atoms. The summed E-state index contributed by atoms with van der Waals surface area (Å²) in [4.78, 5) is 0. The Labute approximate surface area is 105 Å². The molecule has 1 aromatic rings.